The average Bonchev–Trinajstić information content (AvgIpc) is 2.65. The Kier molecular flexibility index (Phi) is 4.21. The van der Waals surface area contributed by atoms with Crippen LogP contribution < -0.4 is 4.90 Å². The fraction of sp³-hybridized carbons (Fsp3) is 0.500. The van der Waals surface area contributed by atoms with Crippen LogP contribution in [0.2, 0.25) is 0 Å². The van der Waals surface area contributed by atoms with Gasteiger partial charge in [-0.15, -0.1) is 11.3 Å². The largest absolute Gasteiger partial charge is 0.480 e. The van der Waals surface area contributed by atoms with Gasteiger partial charge in [-0.3, -0.25) is 0 Å². The number of hydrogen-bond acceptors (Lipinski definition) is 5. The molecular weight excluding hydrogens is 220 g/mol. The number of carboxylic acid groups (broad SMARTS) is 1. The Morgan fingerprint density at radius 1 is 1.86 bits per heavy atom. The zero-order valence-electron chi connectivity index (χ0n) is 7.75. The maximum atomic E-state index is 10.9. The topological polar surface area (TPSA) is 53.4 Å². The van der Waals surface area contributed by atoms with E-state index in [2.05, 4.69) is 17.6 Å². The second kappa shape index (κ2) is 5.21. The predicted octanol–water partition coefficient (Wildman–Crippen LogP) is 1.35. The molecule has 0 spiro atoms. The van der Waals surface area contributed by atoms with Gasteiger partial charge in [-0.05, 0) is 12.2 Å². The van der Waals surface area contributed by atoms with Crippen molar-refractivity contribution in [3.8, 4) is 0 Å². The van der Waals surface area contributed by atoms with E-state index in [4.69, 9.17) is 5.11 Å². The molecule has 0 aromatic carbocycles. The summed E-state index contributed by atoms with van der Waals surface area (Å²) in [5, 5.41) is 11.5. The lowest BCUT2D eigenvalue weighted by Crippen LogP contribution is -2.38. The van der Waals surface area contributed by atoms with Gasteiger partial charge in [-0.2, -0.15) is 12.6 Å². The predicted molar refractivity (Wildman–Crippen MR) is 60.4 cm³/mol. The second-order valence-corrected chi connectivity index (χ2v) is 4.11. The van der Waals surface area contributed by atoms with E-state index < -0.39 is 12.0 Å². The Hall–Kier alpha value is -0.750. The highest BCUT2D eigenvalue weighted by Crippen LogP contribution is 2.19. The molecule has 1 N–H and O–H groups in total. The quantitative estimate of drug-likeness (QED) is 0.753. The van der Waals surface area contributed by atoms with E-state index in [1.54, 1.807) is 18.1 Å². The van der Waals surface area contributed by atoms with Crippen LogP contribution >= 0.6 is 24.0 Å². The van der Waals surface area contributed by atoms with Gasteiger partial charge in [0.05, 0.1) is 0 Å². The third-order valence-corrected chi connectivity index (χ3v) is 3.00. The molecule has 1 aromatic heterocycles. The minimum Gasteiger partial charge on any atom is -0.480 e. The normalized spacial score (nSPS) is 12.4. The highest BCUT2D eigenvalue weighted by atomic mass is 32.1. The number of anilines is 1. The molecule has 0 saturated carbocycles. The highest BCUT2D eigenvalue weighted by Gasteiger charge is 2.23. The lowest BCUT2D eigenvalue weighted by atomic mass is 10.2. The van der Waals surface area contributed by atoms with E-state index in [-0.39, 0.29) is 0 Å². The van der Waals surface area contributed by atoms with Crippen LogP contribution in [0, 0.1) is 0 Å². The Morgan fingerprint density at radius 3 is 3.00 bits per heavy atom. The van der Waals surface area contributed by atoms with Crippen molar-refractivity contribution in [2.45, 2.75) is 12.5 Å². The zero-order valence-corrected chi connectivity index (χ0v) is 9.46. The van der Waals surface area contributed by atoms with Gasteiger partial charge in [-0.1, -0.05) is 0 Å². The number of aliphatic carboxylic acids is 1. The van der Waals surface area contributed by atoms with Crippen molar-refractivity contribution in [3.05, 3.63) is 11.6 Å². The van der Waals surface area contributed by atoms with Crippen LogP contribution in [0.1, 0.15) is 6.42 Å². The van der Waals surface area contributed by atoms with Crippen molar-refractivity contribution in [3.63, 3.8) is 0 Å². The molecule has 1 rings (SSSR count). The highest BCUT2D eigenvalue weighted by molar-refractivity contribution is 7.80. The van der Waals surface area contributed by atoms with E-state index >= 15 is 0 Å². The molecule has 14 heavy (non-hydrogen) atoms. The van der Waals surface area contributed by atoms with Gasteiger partial charge in [0.25, 0.3) is 0 Å². The van der Waals surface area contributed by atoms with Crippen molar-refractivity contribution in [2.75, 3.05) is 17.7 Å². The molecule has 1 heterocycles. The fourth-order valence-corrected chi connectivity index (χ4v) is 2.03. The summed E-state index contributed by atoms with van der Waals surface area (Å²) in [4.78, 5) is 16.7. The first-order valence-corrected chi connectivity index (χ1v) is 5.64. The molecule has 0 fully saturated rings. The van der Waals surface area contributed by atoms with Crippen LogP contribution in [0.15, 0.2) is 11.6 Å². The van der Waals surface area contributed by atoms with E-state index in [0.717, 1.165) is 5.13 Å². The standard InChI is InChI=1S/C8H12N2O2S2/c1-10(8-9-3-5-14-8)6(2-4-13)7(11)12/h3,5-6,13H,2,4H2,1H3,(H,11,12)/t6-/m0/s1. The summed E-state index contributed by atoms with van der Waals surface area (Å²) in [6.07, 6.45) is 2.17. The molecule has 0 unspecified atom stereocenters. The summed E-state index contributed by atoms with van der Waals surface area (Å²) >= 11 is 5.47. The Balaban J connectivity index is 2.73. The van der Waals surface area contributed by atoms with E-state index in [1.807, 2.05) is 5.38 Å². The number of aromatic nitrogens is 1. The molecule has 1 aromatic rings. The summed E-state index contributed by atoms with van der Waals surface area (Å²) in [5.41, 5.74) is 0. The summed E-state index contributed by atoms with van der Waals surface area (Å²) < 4.78 is 0. The minimum absolute atomic E-state index is 0.508. The van der Waals surface area contributed by atoms with Gasteiger partial charge in [0, 0.05) is 18.6 Å². The lowest BCUT2D eigenvalue weighted by Gasteiger charge is -2.23. The van der Waals surface area contributed by atoms with Crippen LogP contribution in [0.25, 0.3) is 0 Å². The average molecular weight is 232 g/mol. The van der Waals surface area contributed by atoms with Gasteiger partial charge in [0.15, 0.2) is 5.13 Å². The minimum atomic E-state index is -0.836. The van der Waals surface area contributed by atoms with Crippen LogP contribution in [0.4, 0.5) is 5.13 Å². The van der Waals surface area contributed by atoms with E-state index in [1.165, 1.54) is 11.3 Å². The molecule has 0 saturated heterocycles. The first-order valence-electron chi connectivity index (χ1n) is 4.12. The molecule has 6 heteroatoms. The maximum Gasteiger partial charge on any atom is 0.326 e. The van der Waals surface area contributed by atoms with Crippen LogP contribution in [-0.2, 0) is 4.79 Å². The first-order chi connectivity index (χ1) is 6.66. The number of nitrogens with zero attached hydrogens (tertiary/aromatic N) is 2. The Labute approximate surface area is 92.0 Å². The number of hydrogen-bond donors (Lipinski definition) is 2. The number of carbonyl (C=O) groups is 1. The van der Waals surface area contributed by atoms with E-state index in [9.17, 15) is 4.79 Å². The fourth-order valence-electron chi connectivity index (χ4n) is 1.13. The van der Waals surface area contributed by atoms with Crippen molar-refractivity contribution in [2.24, 2.45) is 0 Å². The summed E-state index contributed by atoms with van der Waals surface area (Å²) in [6.45, 7) is 0. The summed E-state index contributed by atoms with van der Waals surface area (Å²) in [6, 6.07) is -0.543. The number of rotatable bonds is 5. The molecule has 4 nitrogen and oxygen atoms in total. The SMILES string of the molecule is CN(c1nccs1)[C@@H](CCS)C(=O)O. The number of likely N-dealkylation sites (N-methyl/N-ethyl adjacent to an activating group) is 1. The van der Waals surface area contributed by atoms with Gasteiger partial charge in [0.2, 0.25) is 0 Å². The van der Waals surface area contributed by atoms with Crippen LogP contribution in [0.5, 0.6) is 0 Å². The van der Waals surface area contributed by atoms with Crippen molar-refractivity contribution >= 4 is 35.1 Å². The molecule has 0 aliphatic carbocycles. The lowest BCUT2D eigenvalue weighted by molar-refractivity contribution is -0.138. The summed E-state index contributed by atoms with van der Waals surface area (Å²) in [5.74, 6) is -0.288. The van der Waals surface area contributed by atoms with Crippen LogP contribution in [-0.4, -0.2) is 34.9 Å². The van der Waals surface area contributed by atoms with Crippen molar-refractivity contribution < 1.29 is 9.90 Å². The van der Waals surface area contributed by atoms with Gasteiger partial charge < -0.3 is 10.0 Å². The van der Waals surface area contributed by atoms with Gasteiger partial charge >= 0.3 is 5.97 Å². The third kappa shape index (κ3) is 2.62. The zero-order chi connectivity index (χ0) is 10.6. The van der Waals surface area contributed by atoms with Gasteiger partial charge in [-0.25, -0.2) is 9.78 Å². The molecule has 0 radical (unpaired) electrons. The molecule has 0 aliphatic heterocycles. The van der Waals surface area contributed by atoms with E-state index in [0.29, 0.717) is 12.2 Å². The molecule has 1 atom stereocenters. The molecule has 0 aliphatic rings. The van der Waals surface area contributed by atoms with Gasteiger partial charge in [0.1, 0.15) is 6.04 Å². The summed E-state index contributed by atoms with van der Waals surface area (Å²) in [7, 11) is 1.74. The Morgan fingerprint density at radius 2 is 2.57 bits per heavy atom. The first kappa shape index (κ1) is 11.3. The second-order valence-electron chi connectivity index (χ2n) is 2.79. The van der Waals surface area contributed by atoms with Crippen molar-refractivity contribution in [1.29, 1.82) is 0 Å². The monoisotopic (exact) mass is 232 g/mol. The molecule has 0 bridgehead atoms. The third-order valence-electron chi connectivity index (χ3n) is 1.88. The molecule has 78 valence electrons. The number of thiol groups is 1. The maximum absolute atomic E-state index is 10.9. The van der Waals surface area contributed by atoms with Crippen LogP contribution in [0.3, 0.4) is 0 Å². The smallest absolute Gasteiger partial charge is 0.326 e. The molecule has 0 amide bonds. The number of thiazole rings is 1. The Bertz CT molecular complexity index is 290. The molecular formula is C8H12N2O2S2. The van der Waals surface area contributed by atoms with Crippen molar-refractivity contribution in [1.82, 2.24) is 4.98 Å². The number of carboxylic acids is 1.